The van der Waals surface area contributed by atoms with Gasteiger partial charge in [-0.2, -0.15) is 10.4 Å². The summed E-state index contributed by atoms with van der Waals surface area (Å²) >= 11 is 0. The molecule has 0 spiro atoms. The zero-order chi connectivity index (χ0) is 15.6. The van der Waals surface area contributed by atoms with Gasteiger partial charge in [0.05, 0.1) is 17.5 Å². The lowest BCUT2D eigenvalue weighted by molar-refractivity contribution is 0.547. The Morgan fingerprint density at radius 2 is 2.00 bits per heavy atom. The van der Waals surface area contributed by atoms with Crippen LogP contribution >= 0.6 is 0 Å². The molecule has 2 rings (SSSR count). The molecular formula is C16H19FN4. The summed E-state index contributed by atoms with van der Waals surface area (Å²) in [5, 5.41) is 16.9. The summed E-state index contributed by atoms with van der Waals surface area (Å²) in [6.45, 7) is 6.11. The van der Waals surface area contributed by atoms with Crippen LogP contribution in [0.4, 0.5) is 10.1 Å². The Bertz CT molecular complexity index is 676. The molecule has 0 saturated heterocycles. The maximum Gasteiger partial charge on any atom is 0.146 e. The predicted octanol–water partition coefficient (Wildman–Crippen LogP) is 3.53. The topological polar surface area (TPSA) is 53.6 Å². The van der Waals surface area contributed by atoms with Gasteiger partial charge in [0, 0.05) is 24.2 Å². The second kappa shape index (κ2) is 5.57. The van der Waals surface area contributed by atoms with Crippen LogP contribution in [0, 0.1) is 17.1 Å². The molecule has 2 aromatic rings. The standard InChI is InChI=1S/C16H19FN4/c1-16(2,3)15-11(10-21(4)20-15)14(9-18)19-13-8-6-5-7-12(13)17/h5-8,10,14,19H,1-4H3. The lowest BCUT2D eigenvalue weighted by Crippen LogP contribution is -2.18. The second-order valence-electron chi connectivity index (χ2n) is 6.04. The van der Waals surface area contributed by atoms with Crippen LogP contribution in [0.5, 0.6) is 0 Å². The van der Waals surface area contributed by atoms with Crippen molar-refractivity contribution in [3.8, 4) is 6.07 Å². The molecule has 0 aliphatic heterocycles. The van der Waals surface area contributed by atoms with Crippen LogP contribution < -0.4 is 5.32 Å². The zero-order valence-corrected chi connectivity index (χ0v) is 12.7. The van der Waals surface area contributed by atoms with Gasteiger partial charge in [0.1, 0.15) is 11.9 Å². The Hall–Kier alpha value is -2.35. The van der Waals surface area contributed by atoms with Crippen molar-refractivity contribution in [3.05, 3.63) is 47.5 Å². The Morgan fingerprint density at radius 3 is 2.57 bits per heavy atom. The van der Waals surface area contributed by atoms with E-state index < -0.39 is 6.04 Å². The summed E-state index contributed by atoms with van der Waals surface area (Å²) in [5.74, 6) is -0.376. The van der Waals surface area contributed by atoms with Crippen LogP contribution in [0.3, 0.4) is 0 Å². The molecule has 1 heterocycles. The van der Waals surface area contributed by atoms with Crippen molar-refractivity contribution in [2.45, 2.75) is 32.2 Å². The largest absolute Gasteiger partial charge is 0.364 e. The molecule has 110 valence electrons. The summed E-state index contributed by atoms with van der Waals surface area (Å²) < 4.78 is 15.4. The highest BCUT2D eigenvalue weighted by Gasteiger charge is 2.27. The number of nitrogens with one attached hydrogen (secondary N) is 1. The van der Waals surface area contributed by atoms with Gasteiger partial charge in [0.2, 0.25) is 0 Å². The molecule has 0 aliphatic carbocycles. The first-order chi connectivity index (χ1) is 9.82. The first-order valence-corrected chi connectivity index (χ1v) is 6.77. The molecule has 0 bridgehead atoms. The number of benzene rings is 1. The highest BCUT2D eigenvalue weighted by Crippen LogP contribution is 2.30. The number of nitriles is 1. The maximum atomic E-state index is 13.7. The van der Waals surface area contributed by atoms with Gasteiger partial charge in [-0.3, -0.25) is 4.68 Å². The summed E-state index contributed by atoms with van der Waals surface area (Å²) in [5.41, 5.74) is 1.73. The predicted molar refractivity (Wildman–Crippen MR) is 80.3 cm³/mol. The van der Waals surface area contributed by atoms with Crippen molar-refractivity contribution in [1.82, 2.24) is 9.78 Å². The number of nitrogens with zero attached hydrogens (tertiary/aromatic N) is 3. The molecule has 0 fully saturated rings. The quantitative estimate of drug-likeness (QED) is 0.939. The maximum absolute atomic E-state index is 13.7. The molecule has 21 heavy (non-hydrogen) atoms. The van der Waals surface area contributed by atoms with E-state index >= 15 is 0 Å². The van der Waals surface area contributed by atoms with Gasteiger partial charge in [-0.25, -0.2) is 4.39 Å². The monoisotopic (exact) mass is 286 g/mol. The van der Waals surface area contributed by atoms with E-state index in [0.29, 0.717) is 5.69 Å². The SMILES string of the molecule is Cn1cc(C(C#N)Nc2ccccc2F)c(C(C)(C)C)n1. The number of aryl methyl sites for hydroxylation is 1. The minimum atomic E-state index is -0.648. The molecule has 1 aromatic heterocycles. The van der Waals surface area contributed by atoms with Crippen LogP contribution in [-0.2, 0) is 12.5 Å². The molecule has 0 radical (unpaired) electrons. The molecule has 0 aliphatic rings. The van der Waals surface area contributed by atoms with E-state index in [-0.39, 0.29) is 11.2 Å². The molecular weight excluding hydrogens is 267 g/mol. The number of rotatable bonds is 3. The van der Waals surface area contributed by atoms with Gasteiger partial charge < -0.3 is 5.32 Å². The number of anilines is 1. The van der Waals surface area contributed by atoms with E-state index in [9.17, 15) is 9.65 Å². The van der Waals surface area contributed by atoms with Crippen LogP contribution in [0.25, 0.3) is 0 Å². The van der Waals surface area contributed by atoms with Crippen LogP contribution in [-0.4, -0.2) is 9.78 Å². The summed E-state index contributed by atoms with van der Waals surface area (Å²) in [4.78, 5) is 0. The van der Waals surface area contributed by atoms with Crippen molar-refractivity contribution >= 4 is 5.69 Å². The lowest BCUT2D eigenvalue weighted by Gasteiger charge is -2.20. The Balaban J connectivity index is 2.40. The molecule has 0 amide bonds. The highest BCUT2D eigenvalue weighted by atomic mass is 19.1. The molecule has 1 aromatic carbocycles. The lowest BCUT2D eigenvalue weighted by atomic mass is 9.87. The van der Waals surface area contributed by atoms with Crippen LogP contribution in [0.1, 0.15) is 38.1 Å². The van der Waals surface area contributed by atoms with Gasteiger partial charge >= 0.3 is 0 Å². The van der Waals surface area contributed by atoms with Gasteiger partial charge in [0.15, 0.2) is 0 Å². The number of hydrogen-bond acceptors (Lipinski definition) is 3. The third-order valence-electron chi connectivity index (χ3n) is 3.18. The van der Waals surface area contributed by atoms with E-state index in [0.717, 1.165) is 11.3 Å². The summed E-state index contributed by atoms with van der Waals surface area (Å²) in [6, 6.07) is 7.87. The van der Waals surface area contributed by atoms with E-state index in [2.05, 4.69) is 16.5 Å². The van der Waals surface area contributed by atoms with Gasteiger partial charge in [-0.15, -0.1) is 0 Å². The number of aromatic nitrogens is 2. The minimum Gasteiger partial charge on any atom is -0.364 e. The van der Waals surface area contributed by atoms with Gasteiger partial charge in [0.25, 0.3) is 0 Å². The number of hydrogen-bond donors (Lipinski definition) is 1. The average Bonchev–Trinajstić information content (AvgIpc) is 2.80. The molecule has 0 saturated carbocycles. The summed E-state index contributed by atoms with van der Waals surface area (Å²) in [6.07, 6.45) is 1.81. The van der Waals surface area contributed by atoms with E-state index in [1.807, 2.05) is 34.0 Å². The van der Waals surface area contributed by atoms with E-state index in [1.54, 1.807) is 22.9 Å². The van der Waals surface area contributed by atoms with Crippen molar-refractivity contribution in [1.29, 1.82) is 5.26 Å². The average molecular weight is 286 g/mol. The van der Waals surface area contributed by atoms with Crippen molar-refractivity contribution < 1.29 is 4.39 Å². The van der Waals surface area contributed by atoms with Crippen molar-refractivity contribution in [2.75, 3.05) is 5.32 Å². The third kappa shape index (κ3) is 3.22. The van der Waals surface area contributed by atoms with Gasteiger partial charge in [-0.05, 0) is 12.1 Å². The Morgan fingerprint density at radius 1 is 1.33 bits per heavy atom. The number of halogens is 1. The Labute approximate surface area is 124 Å². The molecule has 1 unspecified atom stereocenters. The van der Waals surface area contributed by atoms with Crippen LogP contribution in [0.2, 0.25) is 0 Å². The third-order valence-corrected chi connectivity index (χ3v) is 3.18. The normalized spacial score (nSPS) is 12.8. The first kappa shape index (κ1) is 15.0. The fourth-order valence-electron chi connectivity index (χ4n) is 2.21. The molecule has 5 heteroatoms. The summed E-state index contributed by atoms with van der Waals surface area (Å²) in [7, 11) is 1.82. The van der Waals surface area contributed by atoms with Crippen LogP contribution in [0.15, 0.2) is 30.5 Å². The highest BCUT2D eigenvalue weighted by molar-refractivity contribution is 5.49. The number of para-hydroxylation sites is 1. The minimum absolute atomic E-state index is 0.192. The first-order valence-electron chi connectivity index (χ1n) is 6.77. The molecule has 4 nitrogen and oxygen atoms in total. The van der Waals surface area contributed by atoms with E-state index in [4.69, 9.17) is 0 Å². The smallest absolute Gasteiger partial charge is 0.146 e. The fraction of sp³-hybridized carbons (Fsp3) is 0.375. The Kier molecular flexibility index (Phi) is 3.99. The molecule has 1 N–H and O–H groups in total. The molecule has 1 atom stereocenters. The van der Waals surface area contributed by atoms with Gasteiger partial charge in [-0.1, -0.05) is 32.9 Å². The second-order valence-corrected chi connectivity index (χ2v) is 6.04. The van der Waals surface area contributed by atoms with E-state index in [1.165, 1.54) is 6.07 Å². The zero-order valence-electron chi connectivity index (χ0n) is 12.7. The van der Waals surface area contributed by atoms with Crippen molar-refractivity contribution in [3.63, 3.8) is 0 Å². The van der Waals surface area contributed by atoms with Crippen molar-refractivity contribution in [2.24, 2.45) is 7.05 Å². The fourth-order valence-corrected chi connectivity index (χ4v) is 2.21.